The Kier molecular flexibility index (Phi) is 2.75. The van der Waals surface area contributed by atoms with E-state index < -0.39 is 0 Å². The van der Waals surface area contributed by atoms with Crippen LogP contribution >= 0.6 is 22.7 Å². The molecule has 6 heteroatoms. The minimum Gasteiger partial charge on any atom is -0.245 e. The summed E-state index contributed by atoms with van der Waals surface area (Å²) in [5.74, 6) is 0. The van der Waals surface area contributed by atoms with Crippen molar-refractivity contribution < 1.29 is 0 Å². The van der Waals surface area contributed by atoms with Crippen molar-refractivity contribution in [1.82, 2.24) is 9.97 Å². The number of aromatic nitrogens is 2. The van der Waals surface area contributed by atoms with E-state index in [1.807, 2.05) is 47.4 Å². The first-order chi connectivity index (χ1) is 9.88. The molecule has 2 heterocycles. The maximum absolute atomic E-state index is 4.29. The Morgan fingerprint density at radius 1 is 0.700 bits per heavy atom. The topological polar surface area (TPSA) is 50.5 Å². The lowest BCUT2D eigenvalue weighted by Crippen LogP contribution is -1.68. The molecular formula is C14H8N4S2. The first-order valence-corrected chi connectivity index (χ1v) is 7.73. The van der Waals surface area contributed by atoms with E-state index in [0.717, 1.165) is 31.8 Å². The highest BCUT2D eigenvalue weighted by Crippen LogP contribution is 2.27. The third kappa shape index (κ3) is 2.09. The van der Waals surface area contributed by atoms with Gasteiger partial charge in [-0.15, -0.1) is 22.7 Å². The molecule has 0 fully saturated rings. The Bertz CT molecular complexity index is 847. The van der Waals surface area contributed by atoms with E-state index in [2.05, 4.69) is 20.2 Å². The van der Waals surface area contributed by atoms with Gasteiger partial charge in [0.15, 0.2) is 0 Å². The van der Waals surface area contributed by atoms with Gasteiger partial charge >= 0.3 is 0 Å². The largest absolute Gasteiger partial charge is 0.245 e. The van der Waals surface area contributed by atoms with Gasteiger partial charge in [-0.2, -0.15) is 10.2 Å². The summed E-state index contributed by atoms with van der Waals surface area (Å²) in [4.78, 5) is 8.49. The van der Waals surface area contributed by atoms with Gasteiger partial charge in [0.25, 0.3) is 0 Å². The second kappa shape index (κ2) is 4.73. The highest BCUT2D eigenvalue weighted by Gasteiger charge is 1.99. The predicted molar refractivity (Wildman–Crippen MR) is 83.4 cm³/mol. The molecule has 96 valence electrons. The summed E-state index contributed by atoms with van der Waals surface area (Å²) < 4.78 is 2.25. The molecule has 4 nitrogen and oxygen atoms in total. The highest BCUT2D eigenvalue weighted by atomic mass is 32.1. The molecule has 4 rings (SSSR count). The molecule has 0 aliphatic heterocycles. The first kappa shape index (κ1) is 11.6. The van der Waals surface area contributed by atoms with Gasteiger partial charge in [-0.05, 0) is 36.4 Å². The van der Waals surface area contributed by atoms with Crippen LogP contribution in [0.25, 0.3) is 20.4 Å². The Morgan fingerprint density at radius 2 is 1.20 bits per heavy atom. The Morgan fingerprint density at radius 3 is 1.70 bits per heavy atom. The Hall–Kier alpha value is -2.18. The van der Waals surface area contributed by atoms with Gasteiger partial charge in [0, 0.05) is 0 Å². The zero-order chi connectivity index (χ0) is 13.4. The maximum Gasteiger partial charge on any atom is 0.0872 e. The first-order valence-electron chi connectivity index (χ1n) is 5.97. The number of rotatable bonds is 2. The normalized spacial score (nSPS) is 11.8. The average molecular weight is 296 g/mol. The van der Waals surface area contributed by atoms with E-state index in [-0.39, 0.29) is 0 Å². The molecule has 0 saturated heterocycles. The van der Waals surface area contributed by atoms with Crippen molar-refractivity contribution >= 4 is 54.5 Å². The van der Waals surface area contributed by atoms with Crippen molar-refractivity contribution in [2.45, 2.75) is 0 Å². The standard InChI is InChI=1S/C14H8N4S2/c1-3-11-13(19-7-15-11)5-9(1)17-18-10-2-4-12-14(6-10)20-8-16-12/h1-8H. The minimum absolute atomic E-state index is 0.839. The van der Waals surface area contributed by atoms with E-state index in [0.29, 0.717) is 0 Å². The Balaban J connectivity index is 1.69. The van der Waals surface area contributed by atoms with Crippen molar-refractivity contribution in [3.05, 3.63) is 47.4 Å². The number of nitrogens with zero attached hydrogens (tertiary/aromatic N) is 4. The zero-order valence-electron chi connectivity index (χ0n) is 10.2. The van der Waals surface area contributed by atoms with Crippen LogP contribution in [-0.4, -0.2) is 9.97 Å². The van der Waals surface area contributed by atoms with Gasteiger partial charge in [-0.3, -0.25) is 0 Å². The minimum atomic E-state index is 0.839. The summed E-state index contributed by atoms with van der Waals surface area (Å²) in [6.07, 6.45) is 0. The molecule has 0 radical (unpaired) electrons. The number of thiazole rings is 2. The molecule has 0 bridgehead atoms. The summed E-state index contributed by atoms with van der Waals surface area (Å²) in [7, 11) is 0. The molecule has 0 aliphatic carbocycles. The van der Waals surface area contributed by atoms with E-state index in [9.17, 15) is 0 Å². The molecular weight excluding hydrogens is 288 g/mol. The van der Waals surface area contributed by atoms with Gasteiger partial charge in [-0.1, -0.05) is 0 Å². The molecule has 0 amide bonds. The van der Waals surface area contributed by atoms with Crippen molar-refractivity contribution in [2.75, 3.05) is 0 Å². The fraction of sp³-hybridized carbons (Fsp3) is 0. The molecule has 0 N–H and O–H groups in total. The van der Waals surface area contributed by atoms with Crippen LogP contribution in [-0.2, 0) is 0 Å². The monoisotopic (exact) mass is 296 g/mol. The summed E-state index contributed by atoms with van der Waals surface area (Å²) >= 11 is 3.21. The quantitative estimate of drug-likeness (QED) is 0.470. The summed E-state index contributed by atoms with van der Waals surface area (Å²) in [6.45, 7) is 0. The lowest BCUT2D eigenvalue weighted by atomic mass is 10.3. The molecule has 4 aromatic rings. The number of benzene rings is 2. The second-order valence-electron chi connectivity index (χ2n) is 4.21. The van der Waals surface area contributed by atoms with Crippen LogP contribution in [0.2, 0.25) is 0 Å². The average Bonchev–Trinajstić information content (AvgIpc) is 3.12. The van der Waals surface area contributed by atoms with Crippen molar-refractivity contribution in [1.29, 1.82) is 0 Å². The molecule has 20 heavy (non-hydrogen) atoms. The Labute approximate surface area is 122 Å². The van der Waals surface area contributed by atoms with Gasteiger partial charge in [-0.25, -0.2) is 9.97 Å². The molecule has 0 spiro atoms. The smallest absolute Gasteiger partial charge is 0.0872 e. The predicted octanol–water partition coefficient (Wildman–Crippen LogP) is 5.32. The molecule has 0 saturated carbocycles. The highest BCUT2D eigenvalue weighted by molar-refractivity contribution is 7.17. The molecule has 2 aromatic heterocycles. The van der Waals surface area contributed by atoms with Crippen LogP contribution in [0.5, 0.6) is 0 Å². The van der Waals surface area contributed by atoms with Crippen molar-refractivity contribution in [3.63, 3.8) is 0 Å². The third-order valence-corrected chi connectivity index (χ3v) is 4.49. The maximum atomic E-state index is 4.29. The van der Waals surface area contributed by atoms with Crippen molar-refractivity contribution in [2.24, 2.45) is 10.2 Å². The lowest BCUT2D eigenvalue weighted by molar-refractivity contribution is 1.24. The summed E-state index contributed by atoms with van der Waals surface area (Å²) in [6, 6.07) is 11.8. The number of hydrogen-bond donors (Lipinski definition) is 0. The number of fused-ring (bicyclic) bond motifs is 2. The fourth-order valence-electron chi connectivity index (χ4n) is 1.93. The SMILES string of the molecule is c1nc2ccc(N=Nc3ccc4ncsc4c3)cc2s1. The number of hydrogen-bond acceptors (Lipinski definition) is 6. The lowest BCUT2D eigenvalue weighted by Gasteiger charge is -1.94. The van der Waals surface area contributed by atoms with Gasteiger partial charge < -0.3 is 0 Å². The number of azo groups is 1. The fourth-order valence-corrected chi connectivity index (χ4v) is 3.35. The molecule has 0 aliphatic rings. The van der Waals surface area contributed by atoms with E-state index in [1.54, 1.807) is 22.7 Å². The van der Waals surface area contributed by atoms with Crippen LogP contribution in [0, 0.1) is 0 Å². The zero-order valence-corrected chi connectivity index (χ0v) is 11.9. The van der Waals surface area contributed by atoms with Crippen LogP contribution in [0.3, 0.4) is 0 Å². The third-order valence-electron chi connectivity index (χ3n) is 2.91. The summed E-state index contributed by atoms with van der Waals surface area (Å²) in [5.41, 5.74) is 7.35. The van der Waals surface area contributed by atoms with E-state index in [1.165, 1.54) is 0 Å². The summed E-state index contributed by atoms with van der Waals surface area (Å²) in [5, 5.41) is 8.57. The molecule has 0 unspecified atom stereocenters. The second-order valence-corrected chi connectivity index (χ2v) is 5.98. The van der Waals surface area contributed by atoms with E-state index >= 15 is 0 Å². The molecule has 0 atom stereocenters. The van der Waals surface area contributed by atoms with Gasteiger partial charge in [0.2, 0.25) is 0 Å². The van der Waals surface area contributed by atoms with E-state index in [4.69, 9.17) is 0 Å². The molecule has 2 aromatic carbocycles. The van der Waals surface area contributed by atoms with Crippen LogP contribution in [0.1, 0.15) is 0 Å². The van der Waals surface area contributed by atoms with Crippen LogP contribution < -0.4 is 0 Å². The van der Waals surface area contributed by atoms with Crippen LogP contribution in [0.4, 0.5) is 11.4 Å². The van der Waals surface area contributed by atoms with Crippen LogP contribution in [0.15, 0.2) is 57.6 Å². The van der Waals surface area contributed by atoms with Gasteiger partial charge in [0.05, 0.1) is 42.8 Å². The van der Waals surface area contributed by atoms with Gasteiger partial charge in [0.1, 0.15) is 0 Å². The van der Waals surface area contributed by atoms with Crippen molar-refractivity contribution in [3.8, 4) is 0 Å².